The number of nitrogen functional groups attached to an aromatic ring is 1. The lowest BCUT2D eigenvalue weighted by Crippen LogP contribution is -2.43. The third-order valence-corrected chi connectivity index (χ3v) is 7.78. The molecule has 0 saturated carbocycles. The van der Waals surface area contributed by atoms with Crippen molar-refractivity contribution in [2.45, 2.75) is 64.4 Å². The lowest BCUT2D eigenvalue weighted by molar-refractivity contribution is 0.0981. The SMILES string of the molecule is CC(C)CC/C=C/c1cnc(N2CCC(C)C2(C)C)c(C(=O)NS(=O)(=O)c2cccc(N)n2)c1. The fourth-order valence-corrected chi connectivity index (χ4v) is 4.96. The van der Waals surface area contributed by atoms with E-state index in [-0.39, 0.29) is 21.9 Å². The van der Waals surface area contributed by atoms with Crippen molar-refractivity contribution < 1.29 is 13.2 Å². The number of hydrogen-bond donors (Lipinski definition) is 2. The van der Waals surface area contributed by atoms with Gasteiger partial charge in [-0.15, -0.1) is 0 Å². The Balaban J connectivity index is 1.97. The molecule has 8 nitrogen and oxygen atoms in total. The second-order valence-electron chi connectivity index (χ2n) is 9.84. The van der Waals surface area contributed by atoms with E-state index in [1.807, 2.05) is 12.2 Å². The quantitative estimate of drug-likeness (QED) is 0.574. The number of aromatic nitrogens is 2. The number of carbonyl (C=O) groups excluding carboxylic acids is 1. The van der Waals surface area contributed by atoms with Crippen molar-refractivity contribution in [3.05, 3.63) is 47.7 Å². The minimum Gasteiger partial charge on any atom is -0.384 e. The van der Waals surface area contributed by atoms with Gasteiger partial charge in [-0.25, -0.2) is 14.7 Å². The topological polar surface area (TPSA) is 118 Å². The van der Waals surface area contributed by atoms with Crippen LogP contribution in [0.5, 0.6) is 0 Å². The van der Waals surface area contributed by atoms with Gasteiger partial charge in [-0.3, -0.25) is 4.79 Å². The van der Waals surface area contributed by atoms with E-state index in [0.29, 0.717) is 17.7 Å². The highest BCUT2D eigenvalue weighted by atomic mass is 32.2. The molecule has 3 heterocycles. The monoisotopic (exact) mass is 485 g/mol. The van der Waals surface area contributed by atoms with Gasteiger partial charge < -0.3 is 10.6 Å². The highest BCUT2D eigenvalue weighted by Crippen LogP contribution is 2.38. The molecule has 3 rings (SSSR count). The van der Waals surface area contributed by atoms with E-state index in [9.17, 15) is 13.2 Å². The molecule has 1 aliphatic heterocycles. The average Bonchev–Trinajstić information content (AvgIpc) is 3.03. The van der Waals surface area contributed by atoms with Crippen molar-refractivity contribution in [1.29, 1.82) is 0 Å². The molecule has 1 aliphatic rings. The third kappa shape index (κ3) is 5.75. The number of anilines is 2. The molecule has 184 valence electrons. The van der Waals surface area contributed by atoms with Crippen LogP contribution in [0.3, 0.4) is 0 Å². The van der Waals surface area contributed by atoms with Crippen molar-refractivity contribution in [2.24, 2.45) is 11.8 Å². The second kappa shape index (κ2) is 10.1. The highest BCUT2D eigenvalue weighted by molar-refractivity contribution is 7.90. The van der Waals surface area contributed by atoms with E-state index < -0.39 is 15.9 Å². The molecule has 0 bridgehead atoms. The van der Waals surface area contributed by atoms with Gasteiger partial charge in [0.25, 0.3) is 15.9 Å². The first-order valence-electron chi connectivity index (χ1n) is 11.7. The van der Waals surface area contributed by atoms with Crippen LogP contribution < -0.4 is 15.4 Å². The van der Waals surface area contributed by atoms with Gasteiger partial charge in [-0.05, 0) is 68.7 Å². The molecule has 0 spiro atoms. The smallest absolute Gasteiger partial charge is 0.281 e. The summed E-state index contributed by atoms with van der Waals surface area (Å²) in [7, 11) is -4.21. The van der Waals surface area contributed by atoms with Crippen LogP contribution in [0, 0.1) is 11.8 Å². The fraction of sp³-hybridized carbons (Fsp3) is 0.480. The zero-order valence-electron chi connectivity index (χ0n) is 20.6. The van der Waals surface area contributed by atoms with E-state index in [1.165, 1.54) is 18.2 Å². The second-order valence-corrected chi connectivity index (χ2v) is 11.5. The summed E-state index contributed by atoms with van der Waals surface area (Å²) in [6.07, 6.45) is 8.62. The number of amides is 1. The number of hydrogen-bond acceptors (Lipinski definition) is 7. The largest absolute Gasteiger partial charge is 0.384 e. The van der Waals surface area contributed by atoms with Gasteiger partial charge in [-0.2, -0.15) is 8.42 Å². The van der Waals surface area contributed by atoms with Crippen LogP contribution in [-0.4, -0.2) is 36.4 Å². The third-order valence-electron chi connectivity index (χ3n) is 6.54. The van der Waals surface area contributed by atoms with Gasteiger partial charge in [0.05, 0.1) is 5.56 Å². The lowest BCUT2D eigenvalue weighted by Gasteiger charge is -2.36. The van der Waals surface area contributed by atoms with E-state index in [2.05, 4.69) is 54.2 Å². The highest BCUT2D eigenvalue weighted by Gasteiger charge is 2.41. The van der Waals surface area contributed by atoms with E-state index >= 15 is 0 Å². The molecule has 1 atom stereocenters. The average molecular weight is 486 g/mol. The predicted molar refractivity (Wildman–Crippen MR) is 136 cm³/mol. The summed E-state index contributed by atoms with van der Waals surface area (Å²) in [4.78, 5) is 23.9. The molecular formula is C25H35N5O3S. The zero-order chi connectivity index (χ0) is 25.1. The number of rotatable bonds is 8. The van der Waals surface area contributed by atoms with Gasteiger partial charge in [0.2, 0.25) is 0 Å². The van der Waals surface area contributed by atoms with Crippen LogP contribution in [0.1, 0.15) is 69.8 Å². The van der Waals surface area contributed by atoms with Gasteiger partial charge in [0.1, 0.15) is 11.6 Å². The molecule has 1 fully saturated rings. The summed E-state index contributed by atoms with van der Waals surface area (Å²) in [6, 6.07) is 5.95. The first kappa shape index (κ1) is 25.7. The van der Waals surface area contributed by atoms with Gasteiger partial charge in [0, 0.05) is 18.3 Å². The van der Waals surface area contributed by atoms with Crippen molar-refractivity contribution in [3.63, 3.8) is 0 Å². The maximum Gasteiger partial charge on any atom is 0.281 e. The lowest BCUT2D eigenvalue weighted by atomic mass is 9.90. The number of nitrogens with two attached hydrogens (primary N) is 1. The van der Waals surface area contributed by atoms with Gasteiger partial charge in [0.15, 0.2) is 5.03 Å². The maximum atomic E-state index is 13.3. The fourth-order valence-electron chi connectivity index (χ4n) is 4.01. The van der Waals surface area contributed by atoms with Gasteiger partial charge >= 0.3 is 0 Å². The zero-order valence-corrected chi connectivity index (χ0v) is 21.4. The molecule has 1 amide bonds. The number of carbonyl (C=O) groups is 1. The summed E-state index contributed by atoms with van der Waals surface area (Å²) in [5, 5.41) is -0.310. The van der Waals surface area contributed by atoms with Crippen molar-refractivity contribution in [1.82, 2.24) is 14.7 Å². The Morgan fingerprint density at radius 2 is 2.09 bits per heavy atom. The minimum absolute atomic E-state index is 0.0546. The molecular weight excluding hydrogens is 450 g/mol. The Morgan fingerprint density at radius 3 is 2.71 bits per heavy atom. The molecule has 0 radical (unpaired) electrons. The Bertz CT molecular complexity index is 1170. The molecule has 1 unspecified atom stereocenters. The normalized spacial score (nSPS) is 18.1. The van der Waals surface area contributed by atoms with Crippen LogP contribution in [0.4, 0.5) is 11.6 Å². The summed E-state index contributed by atoms with van der Waals surface area (Å²) in [6.45, 7) is 11.5. The summed E-state index contributed by atoms with van der Waals surface area (Å²) in [5.74, 6) is 0.762. The molecule has 2 aromatic heterocycles. The van der Waals surface area contributed by atoms with E-state index in [0.717, 1.165) is 31.4 Å². The molecule has 1 saturated heterocycles. The van der Waals surface area contributed by atoms with E-state index in [4.69, 9.17) is 5.73 Å². The van der Waals surface area contributed by atoms with Crippen LogP contribution in [-0.2, 0) is 10.0 Å². The summed E-state index contributed by atoms with van der Waals surface area (Å²) in [5.41, 5.74) is 6.35. The summed E-state index contributed by atoms with van der Waals surface area (Å²) < 4.78 is 27.8. The van der Waals surface area contributed by atoms with Crippen LogP contribution in [0.2, 0.25) is 0 Å². The number of sulfonamides is 1. The van der Waals surface area contributed by atoms with Gasteiger partial charge in [-0.1, -0.05) is 39.0 Å². The van der Waals surface area contributed by atoms with Crippen LogP contribution in [0.25, 0.3) is 6.08 Å². The molecule has 34 heavy (non-hydrogen) atoms. The van der Waals surface area contributed by atoms with Crippen molar-refractivity contribution >= 4 is 33.6 Å². The van der Waals surface area contributed by atoms with Crippen LogP contribution in [0.15, 0.2) is 41.6 Å². The molecule has 3 N–H and O–H groups in total. The number of nitrogens with one attached hydrogen (secondary N) is 1. The van der Waals surface area contributed by atoms with Crippen molar-refractivity contribution in [2.75, 3.05) is 17.2 Å². The minimum atomic E-state index is -4.21. The number of allylic oxidation sites excluding steroid dienone is 1. The standard InChI is InChI=1S/C25H35N5O3S/c1-17(2)9-6-7-10-19-15-20(23(27-16-19)30-14-13-18(3)25(30,4)5)24(31)29-34(32,33)22-12-8-11-21(26)28-22/h7-8,10-12,15-18H,6,9,13-14H2,1-5H3,(H2,26,28)(H,29,31)/b10-7+. The van der Waals surface area contributed by atoms with Crippen molar-refractivity contribution in [3.8, 4) is 0 Å². The van der Waals surface area contributed by atoms with E-state index in [1.54, 1.807) is 12.3 Å². The Labute approximate surface area is 202 Å². The molecule has 2 aromatic rings. The number of pyridine rings is 2. The summed E-state index contributed by atoms with van der Waals surface area (Å²) >= 11 is 0. The molecule has 0 aromatic carbocycles. The molecule has 0 aliphatic carbocycles. The maximum absolute atomic E-state index is 13.3. The van der Waals surface area contributed by atoms with Crippen LogP contribution >= 0.6 is 0 Å². The first-order valence-corrected chi connectivity index (χ1v) is 13.1. The number of nitrogens with zero attached hydrogens (tertiary/aromatic N) is 3. The first-order chi connectivity index (χ1) is 15.9. The Kier molecular flexibility index (Phi) is 7.65. The Morgan fingerprint density at radius 1 is 1.35 bits per heavy atom. The Hall–Kier alpha value is -2.94. The molecule has 9 heteroatoms. The predicted octanol–water partition coefficient (Wildman–Crippen LogP) is 4.25.